The molecule has 0 amide bonds. The van der Waals surface area contributed by atoms with Crippen LogP contribution in [0.25, 0.3) is 0 Å². The second-order valence-corrected chi connectivity index (χ2v) is 5.32. The monoisotopic (exact) mass is 289 g/mol. The van der Waals surface area contributed by atoms with Gasteiger partial charge in [0.1, 0.15) is 11.6 Å². The van der Waals surface area contributed by atoms with E-state index in [-0.39, 0.29) is 12.1 Å². The van der Waals surface area contributed by atoms with E-state index in [0.717, 1.165) is 11.6 Å². The van der Waals surface area contributed by atoms with Gasteiger partial charge in [-0.3, -0.25) is 0 Å². The van der Waals surface area contributed by atoms with Crippen molar-refractivity contribution in [3.05, 3.63) is 70.8 Å². The molecule has 1 aliphatic rings. The fourth-order valence-corrected chi connectivity index (χ4v) is 2.76. The van der Waals surface area contributed by atoms with Gasteiger partial charge in [0.05, 0.1) is 19.3 Å². The molecule has 4 heteroatoms. The lowest BCUT2D eigenvalue weighted by atomic mass is 9.97. The minimum absolute atomic E-state index is 0.00871. The molecule has 3 rings (SSSR count). The molecule has 21 heavy (non-hydrogen) atoms. The lowest BCUT2D eigenvalue weighted by Crippen LogP contribution is -2.32. The van der Waals surface area contributed by atoms with E-state index >= 15 is 0 Å². The summed E-state index contributed by atoms with van der Waals surface area (Å²) in [6, 6.07) is 11.5. The summed E-state index contributed by atoms with van der Waals surface area (Å²) in [5, 5.41) is 3.36. The Bertz CT molecular complexity index is 644. The van der Waals surface area contributed by atoms with Crippen LogP contribution in [0.3, 0.4) is 0 Å². The number of rotatable bonds is 3. The number of nitrogens with one attached hydrogen (secondary N) is 1. The minimum Gasteiger partial charge on any atom is -0.375 e. The predicted octanol–water partition coefficient (Wildman–Crippen LogP) is 3.89. The molecule has 1 heterocycles. The highest BCUT2D eigenvalue weighted by Gasteiger charge is 2.23. The maximum atomic E-state index is 13.8. The van der Waals surface area contributed by atoms with Crippen LogP contribution in [0.1, 0.15) is 35.7 Å². The van der Waals surface area contributed by atoms with Gasteiger partial charge in [0, 0.05) is 17.7 Å². The zero-order chi connectivity index (χ0) is 14.8. The number of benzene rings is 2. The summed E-state index contributed by atoms with van der Waals surface area (Å²) in [6.45, 7) is 3.02. The van der Waals surface area contributed by atoms with Gasteiger partial charge in [0.15, 0.2) is 0 Å². The molecule has 2 nitrogen and oxygen atoms in total. The van der Waals surface area contributed by atoms with Crippen molar-refractivity contribution in [1.29, 1.82) is 0 Å². The summed E-state index contributed by atoms with van der Waals surface area (Å²) in [5.41, 5.74) is 2.78. The Balaban J connectivity index is 1.81. The highest BCUT2D eigenvalue weighted by molar-refractivity contribution is 5.32. The molecule has 1 aliphatic heterocycles. The van der Waals surface area contributed by atoms with Gasteiger partial charge < -0.3 is 10.1 Å². The van der Waals surface area contributed by atoms with Crippen LogP contribution in [-0.2, 0) is 11.3 Å². The van der Waals surface area contributed by atoms with Crippen LogP contribution >= 0.6 is 0 Å². The molecule has 2 atom stereocenters. The Morgan fingerprint density at radius 2 is 2.00 bits per heavy atom. The molecular formula is C17H17F2NO. The van der Waals surface area contributed by atoms with Gasteiger partial charge in [-0.25, -0.2) is 8.78 Å². The molecule has 1 N–H and O–H groups in total. The lowest BCUT2D eigenvalue weighted by molar-refractivity contribution is 0.0789. The summed E-state index contributed by atoms with van der Waals surface area (Å²) in [4.78, 5) is 0. The topological polar surface area (TPSA) is 21.3 Å². The molecule has 0 fully saturated rings. The third-order valence-corrected chi connectivity index (χ3v) is 3.85. The van der Waals surface area contributed by atoms with Crippen molar-refractivity contribution in [3.8, 4) is 0 Å². The number of halogens is 2. The molecule has 0 spiro atoms. The van der Waals surface area contributed by atoms with Gasteiger partial charge in [0.25, 0.3) is 0 Å². The van der Waals surface area contributed by atoms with Gasteiger partial charge in [-0.05, 0) is 24.1 Å². The third kappa shape index (κ3) is 2.96. The summed E-state index contributed by atoms with van der Waals surface area (Å²) in [7, 11) is 0. The second kappa shape index (κ2) is 5.92. The number of fused-ring (bicyclic) bond motifs is 1. The molecule has 0 saturated carbocycles. The highest BCUT2D eigenvalue weighted by atomic mass is 19.1. The Hall–Kier alpha value is -1.78. The lowest BCUT2D eigenvalue weighted by Gasteiger charge is -2.29. The van der Waals surface area contributed by atoms with Crippen molar-refractivity contribution < 1.29 is 13.5 Å². The third-order valence-electron chi connectivity index (χ3n) is 3.85. The maximum absolute atomic E-state index is 13.8. The smallest absolute Gasteiger partial charge is 0.130 e. The second-order valence-electron chi connectivity index (χ2n) is 5.32. The average Bonchev–Trinajstić information content (AvgIpc) is 2.47. The van der Waals surface area contributed by atoms with Crippen LogP contribution < -0.4 is 5.32 Å². The van der Waals surface area contributed by atoms with E-state index in [4.69, 9.17) is 4.74 Å². The predicted molar refractivity (Wildman–Crippen MR) is 76.7 cm³/mol. The molecule has 0 radical (unpaired) electrons. The van der Waals surface area contributed by atoms with Gasteiger partial charge in [0.2, 0.25) is 0 Å². The number of hydrogen-bond donors (Lipinski definition) is 1. The Labute approximate surface area is 122 Å². The van der Waals surface area contributed by atoms with Crippen molar-refractivity contribution in [2.45, 2.75) is 25.6 Å². The molecule has 110 valence electrons. The van der Waals surface area contributed by atoms with Crippen LogP contribution in [-0.4, -0.2) is 6.61 Å². The van der Waals surface area contributed by atoms with Crippen molar-refractivity contribution in [3.63, 3.8) is 0 Å². The quantitative estimate of drug-likeness (QED) is 0.925. The summed E-state index contributed by atoms with van der Waals surface area (Å²) < 4.78 is 32.4. The van der Waals surface area contributed by atoms with Crippen molar-refractivity contribution >= 4 is 0 Å². The van der Waals surface area contributed by atoms with E-state index in [1.54, 1.807) is 0 Å². The first kappa shape index (κ1) is 14.2. The van der Waals surface area contributed by atoms with E-state index in [1.807, 2.05) is 25.1 Å². The van der Waals surface area contributed by atoms with Crippen molar-refractivity contribution in [2.24, 2.45) is 0 Å². The van der Waals surface area contributed by atoms with Crippen LogP contribution in [0.4, 0.5) is 8.78 Å². The van der Waals surface area contributed by atoms with E-state index in [2.05, 4.69) is 11.4 Å². The Kier molecular flexibility index (Phi) is 3.99. The fourth-order valence-electron chi connectivity index (χ4n) is 2.76. The maximum Gasteiger partial charge on any atom is 0.130 e. The van der Waals surface area contributed by atoms with Crippen molar-refractivity contribution in [1.82, 2.24) is 5.32 Å². The first-order valence-corrected chi connectivity index (χ1v) is 7.01. The molecule has 0 saturated heterocycles. The minimum atomic E-state index is -0.560. The van der Waals surface area contributed by atoms with Gasteiger partial charge in [-0.2, -0.15) is 0 Å². The summed E-state index contributed by atoms with van der Waals surface area (Å²) >= 11 is 0. The first-order valence-electron chi connectivity index (χ1n) is 7.01. The molecule has 2 unspecified atom stereocenters. The Morgan fingerprint density at radius 1 is 1.19 bits per heavy atom. The normalized spacial score (nSPS) is 19.1. The standard InChI is InChI=1S/C17H17F2NO/c1-11(14-7-6-13(18)8-16(14)19)20-17-10-21-9-12-4-2-3-5-15(12)17/h2-8,11,17,20H,9-10H2,1H3. The number of ether oxygens (including phenoxy) is 1. The molecule has 2 aromatic rings. The van der Waals surface area contributed by atoms with Gasteiger partial charge >= 0.3 is 0 Å². The van der Waals surface area contributed by atoms with E-state index in [0.29, 0.717) is 18.8 Å². The van der Waals surface area contributed by atoms with Crippen LogP contribution in [0.5, 0.6) is 0 Å². The van der Waals surface area contributed by atoms with E-state index < -0.39 is 11.6 Å². The van der Waals surface area contributed by atoms with Crippen LogP contribution in [0.2, 0.25) is 0 Å². The van der Waals surface area contributed by atoms with Crippen LogP contribution in [0, 0.1) is 11.6 Å². The van der Waals surface area contributed by atoms with E-state index in [1.165, 1.54) is 17.7 Å². The van der Waals surface area contributed by atoms with E-state index in [9.17, 15) is 8.78 Å². The number of hydrogen-bond acceptors (Lipinski definition) is 2. The van der Waals surface area contributed by atoms with Gasteiger partial charge in [-0.1, -0.05) is 30.3 Å². The SMILES string of the molecule is CC(NC1COCc2ccccc21)c1ccc(F)cc1F. The first-order chi connectivity index (χ1) is 10.1. The molecule has 0 bridgehead atoms. The molecule has 0 aromatic heterocycles. The molecule has 0 aliphatic carbocycles. The molecular weight excluding hydrogens is 272 g/mol. The summed E-state index contributed by atoms with van der Waals surface area (Å²) in [6.07, 6.45) is 0. The van der Waals surface area contributed by atoms with Crippen molar-refractivity contribution in [2.75, 3.05) is 6.61 Å². The average molecular weight is 289 g/mol. The summed E-state index contributed by atoms with van der Waals surface area (Å²) in [5.74, 6) is -1.09. The molecule has 2 aromatic carbocycles. The highest BCUT2D eigenvalue weighted by Crippen LogP contribution is 2.28. The zero-order valence-electron chi connectivity index (χ0n) is 11.8. The van der Waals surface area contributed by atoms with Gasteiger partial charge in [-0.15, -0.1) is 0 Å². The largest absolute Gasteiger partial charge is 0.375 e. The van der Waals surface area contributed by atoms with Crippen LogP contribution in [0.15, 0.2) is 42.5 Å². The fraction of sp³-hybridized carbons (Fsp3) is 0.294. The zero-order valence-corrected chi connectivity index (χ0v) is 11.8. The Morgan fingerprint density at radius 3 is 2.81 bits per heavy atom.